The first-order valence-electron chi connectivity index (χ1n) is 6.33. The number of non-ortho nitro benzene ring substituents is 1. The molecule has 4 nitrogen and oxygen atoms in total. The van der Waals surface area contributed by atoms with Gasteiger partial charge in [0, 0.05) is 24.4 Å². The van der Waals surface area contributed by atoms with E-state index < -0.39 is 0 Å². The van der Waals surface area contributed by atoms with Gasteiger partial charge >= 0.3 is 0 Å². The zero-order chi connectivity index (χ0) is 13.0. The van der Waals surface area contributed by atoms with Crippen molar-refractivity contribution in [2.24, 2.45) is 0 Å². The lowest BCUT2D eigenvalue weighted by atomic mass is 10.1. The van der Waals surface area contributed by atoms with E-state index in [-0.39, 0.29) is 10.6 Å². The average Bonchev–Trinajstić information content (AvgIpc) is 2.81. The highest BCUT2D eigenvalue weighted by atomic mass is 16.6. The highest BCUT2D eigenvalue weighted by Crippen LogP contribution is 2.22. The molecule has 96 valence electrons. The number of nitro groups is 1. The van der Waals surface area contributed by atoms with Crippen LogP contribution >= 0.6 is 0 Å². The van der Waals surface area contributed by atoms with Gasteiger partial charge in [0.1, 0.15) is 0 Å². The van der Waals surface area contributed by atoms with Crippen LogP contribution in [0.1, 0.15) is 31.2 Å². The molecule has 0 amide bonds. The Kier molecular flexibility index (Phi) is 3.97. The van der Waals surface area contributed by atoms with Gasteiger partial charge in [0.25, 0.3) is 5.69 Å². The number of nitro benzene ring substituents is 1. The number of anilines is 1. The Hall–Kier alpha value is -1.84. The normalized spacial score (nSPS) is 14.4. The fraction of sp³-hybridized carbons (Fsp3) is 0.429. The summed E-state index contributed by atoms with van der Waals surface area (Å²) in [4.78, 5) is 10.4. The van der Waals surface area contributed by atoms with Gasteiger partial charge in [0.2, 0.25) is 0 Å². The molecule has 0 radical (unpaired) electrons. The van der Waals surface area contributed by atoms with E-state index in [9.17, 15) is 10.1 Å². The number of rotatable bonds is 5. The van der Waals surface area contributed by atoms with Gasteiger partial charge in [0.15, 0.2) is 0 Å². The zero-order valence-electron chi connectivity index (χ0n) is 10.6. The van der Waals surface area contributed by atoms with Crippen molar-refractivity contribution in [3.8, 4) is 0 Å². The lowest BCUT2D eigenvalue weighted by Gasteiger charge is -2.08. The van der Waals surface area contributed by atoms with Gasteiger partial charge in [-0.2, -0.15) is 0 Å². The summed E-state index contributed by atoms with van der Waals surface area (Å²) >= 11 is 0. The first kappa shape index (κ1) is 12.6. The van der Waals surface area contributed by atoms with E-state index in [0.29, 0.717) is 0 Å². The van der Waals surface area contributed by atoms with Crippen molar-refractivity contribution >= 4 is 11.4 Å². The fourth-order valence-corrected chi connectivity index (χ4v) is 2.30. The van der Waals surface area contributed by atoms with Gasteiger partial charge in [-0.15, -0.1) is 0 Å². The smallest absolute Gasteiger partial charge is 0.271 e. The summed E-state index contributed by atoms with van der Waals surface area (Å²) in [6.45, 7) is 2.71. The second-order valence-corrected chi connectivity index (χ2v) is 4.75. The summed E-state index contributed by atoms with van der Waals surface area (Å²) in [6, 6.07) is 5.12. The monoisotopic (exact) mass is 246 g/mol. The maximum Gasteiger partial charge on any atom is 0.271 e. The van der Waals surface area contributed by atoms with E-state index in [1.165, 1.54) is 24.8 Å². The van der Waals surface area contributed by atoms with Crippen LogP contribution in [0.5, 0.6) is 0 Å². The minimum absolute atomic E-state index is 0.151. The third-order valence-electron chi connectivity index (χ3n) is 3.18. The van der Waals surface area contributed by atoms with E-state index in [4.69, 9.17) is 0 Å². The van der Waals surface area contributed by atoms with Crippen molar-refractivity contribution in [1.82, 2.24) is 0 Å². The molecular formula is C14H18N2O2. The molecule has 0 fully saturated rings. The molecule has 1 aliphatic rings. The summed E-state index contributed by atoms with van der Waals surface area (Å²) in [6.07, 6.45) is 7.01. The molecule has 1 aliphatic carbocycles. The summed E-state index contributed by atoms with van der Waals surface area (Å²) in [7, 11) is 0. The quantitative estimate of drug-likeness (QED) is 0.488. The van der Waals surface area contributed by atoms with Crippen molar-refractivity contribution in [3.63, 3.8) is 0 Å². The van der Waals surface area contributed by atoms with E-state index >= 15 is 0 Å². The molecule has 2 rings (SSSR count). The third kappa shape index (κ3) is 3.32. The largest absolute Gasteiger partial charge is 0.385 e. The number of hydrogen-bond acceptors (Lipinski definition) is 3. The van der Waals surface area contributed by atoms with Crippen LogP contribution in [0, 0.1) is 17.0 Å². The average molecular weight is 246 g/mol. The topological polar surface area (TPSA) is 55.2 Å². The number of hydrogen-bond donors (Lipinski definition) is 1. The Morgan fingerprint density at radius 1 is 1.39 bits per heavy atom. The molecule has 0 saturated heterocycles. The number of allylic oxidation sites excluding steroid dienone is 1. The summed E-state index contributed by atoms with van der Waals surface area (Å²) in [5, 5.41) is 14.0. The van der Waals surface area contributed by atoms with Crippen molar-refractivity contribution in [2.75, 3.05) is 11.9 Å². The SMILES string of the molecule is Cc1cc(NCCC2=CCCC2)cc([N+](=O)[O-])c1. The van der Waals surface area contributed by atoms with Crippen LogP contribution in [0.2, 0.25) is 0 Å². The molecule has 18 heavy (non-hydrogen) atoms. The van der Waals surface area contributed by atoms with Crippen LogP contribution in [0.25, 0.3) is 0 Å². The number of nitrogens with one attached hydrogen (secondary N) is 1. The maximum absolute atomic E-state index is 10.8. The van der Waals surface area contributed by atoms with Gasteiger partial charge < -0.3 is 5.32 Å². The van der Waals surface area contributed by atoms with Crippen molar-refractivity contribution < 1.29 is 4.92 Å². The second kappa shape index (κ2) is 5.67. The molecule has 4 heteroatoms. The van der Waals surface area contributed by atoms with Crippen LogP contribution in [-0.4, -0.2) is 11.5 Å². The molecule has 0 aliphatic heterocycles. The number of benzene rings is 1. The molecular weight excluding hydrogens is 228 g/mol. The van der Waals surface area contributed by atoms with E-state index in [2.05, 4.69) is 11.4 Å². The van der Waals surface area contributed by atoms with Crippen LogP contribution in [0.15, 0.2) is 29.8 Å². The highest BCUT2D eigenvalue weighted by molar-refractivity contribution is 5.53. The molecule has 0 spiro atoms. The highest BCUT2D eigenvalue weighted by Gasteiger charge is 2.08. The van der Waals surface area contributed by atoms with Gasteiger partial charge in [-0.25, -0.2) is 0 Å². The molecule has 1 aromatic rings. The first-order valence-corrected chi connectivity index (χ1v) is 6.33. The van der Waals surface area contributed by atoms with E-state index in [1.807, 2.05) is 13.0 Å². The van der Waals surface area contributed by atoms with Gasteiger partial charge in [-0.1, -0.05) is 11.6 Å². The number of nitrogens with zero attached hydrogens (tertiary/aromatic N) is 1. The summed E-state index contributed by atoms with van der Waals surface area (Å²) < 4.78 is 0. The Bertz CT molecular complexity index is 481. The molecule has 0 saturated carbocycles. The van der Waals surface area contributed by atoms with Crippen molar-refractivity contribution in [3.05, 3.63) is 45.5 Å². The van der Waals surface area contributed by atoms with Crippen molar-refractivity contribution in [1.29, 1.82) is 0 Å². The van der Waals surface area contributed by atoms with E-state index in [0.717, 1.165) is 24.2 Å². The van der Waals surface area contributed by atoms with Gasteiger partial charge in [0.05, 0.1) is 4.92 Å². The summed E-state index contributed by atoms with van der Waals surface area (Å²) in [5.41, 5.74) is 3.40. The van der Waals surface area contributed by atoms with Gasteiger partial charge in [-0.3, -0.25) is 10.1 Å². The first-order chi connectivity index (χ1) is 8.65. The minimum atomic E-state index is -0.350. The maximum atomic E-state index is 10.8. The standard InChI is InChI=1S/C14H18N2O2/c1-11-8-13(10-14(9-11)16(17)18)15-7-6-12-4-2-3-5-12/h4,8-10,15H,2-3,5-7H2,1H3. The van der Waals surface area contributed by atoms with Crippen LogP contribution in [0.4, 0.5) is 11.4 Å². The third-order valence-corrected chi connectivity index (χ3v) is 3.18. The van der Waals surface area contributed by atoms with Crippen LogP contribution in [0.3, 0.4) is 0 Å². The van der Waals surface area contributed by atoms with Gasteiger partial charge in [-0.05, 0) is 44.2 Å². The second-order valence-electron chi connectivity index (χ2n) is 4.75. The Balaban J connectivity index is 1.94. The lowest BCUT2D eigenvalue weighted by Crippen LogP contribution is -2.03. The van der Waals surface area contributed by atoms with Crippen LogP contribution in [-0.2, 0) is 0 Å². The molecule has 0 heterocycles. The fourth-order valence-electron chi connectivity index (χ4n) is 2.30. The molecule has 1 N–H and O–H groups in total. The van der Waals surface area contributed by atoms with E-state index in [1.54, 1.807) is 12.1 Å². The molecule has 1 aromatic carbocycles. The Labute approximate surface area is 107 Å². The number of aryl methyl sites for hydroxylation is 1. The molecule has 0 atom stereocenters. The minimum Gasteiger partial charge on any atom is -0.385 e. The molecule has 0 unspecified atom stereocenters. The zero-order valence-corrected chi connectivity index (χ0v) is 10.6. The van der Waals surface area contributed by atoms with Crippen LogP contribution < -0.4 is 5.32 Å². The predicted molar refractivity (Wildman–Crippen MR) is 72.9 cm³/mol. The molecule has 0 bridgehead atoms. The Morgan fingerprint density at radius 2 is 2.22 bits per heavy atom. The summed E-state index contributed by atoms with van der Waals surface area (Å²) in [5.74, 6) is 0. The predicted octanol–water partition coefficient (Wildman–Crippen LogP) is 3.82. The Morgan fingerprint density at radius 3 is 2.89 bits per heavy atom. The molecule has 0 aromatic heterocycles. The lowest BCUT2D eigenvalue weighted by molar-refractivity contribution is -0.384. The van der Waals surface area contributed by atoms with Crippen molar-refractivity contribution in [2.45, 2.75) is 32.6 Å².